The Balaban J connectivity index is 3.24. The summed E-state index contributed by atoms with van der Waals surface area (Å²) in [5.41, 5.74) is 0. The maximum absolute atomic E-state index is 13.0. The number of rotatable bonds is 6. The molecule has 0 amide bonds. The number of benzene rings is 1. The second kappa shape index (κ2) is 6.51. The second-order valence-corrected chi connectivity index (χ2v) is 6.97. The molecule has 0 unspecified atom stereocenters. The van der Waals surface area contributed by atoms with Crippen LogP contribution in [0.25, 0.3) is 0 Å². The van der Waals surface area contributed by atoms with Gasteiger partial charge in [-0.2, -0.15) is 4.31 Å². The molecule has 1 aromatic rings. The summed E-state index contributed by atoms with van der Waals surface area (Å²) in [5.74, 6) is -2.00. The highest BCUT2D eigenvalue weighted by Crippen LogP contribution is 2.25. The van der Waals surface area contributed by atoms with Gasteiger partial charge in [0.2, 0.25) is 10.0 Å². The van der Waals surface area contributed by atoms with Crippen molar-refractivity contribution in [2.75, 3.05) is 13.1 Å². The minimum atomic E-state index is -4.08. The van der Waals surface area contributed by atoms with Crippen LogP contribution >= 0.6 is 11.6 Å². The van der Waals surface area contributed by atoms with E-state index in [1.807, 2.05) is 0 Å². The zero-order valence-corrected chi connectivity index (χ0v) is 12.6. The number of hydrogen-bond acceptors (Lipinski definition) is 3. The van der Waals surface area contributed by atoms with E-state index in [0.29, 0.717) is 0 Å². The van der Waals surface area contributed by atoms with Gasteiger partial charge in [-0.25, -0.2) is 12.8 Å². The molecule has 8 heteroatoms. The summed E-state index contributed by atoms with van der Waals surface area (Å²) in [6.45, 7) is 2.88. The molecular formula is C12H15ClFNO4S. The standard InChI is InChI=1S/C12H15ClFNO4S/c1-8(2)6-15(7-12(16)17)20(18,19)11-4-3-9(14)5-10(11)13/h3-5,8H,6-7H2,1-2H3,(H,16,17). The van der Waals surface area contributed by atoms with Crippen LogP contribution in [0.15, 0.2) is 23.1 Å². The van der Waals surface area contributed by atoms with Crippen molar-refractivity contribution in [1.29, 1.82) is 0 Å². The molecule has 0 aliphatic carbocycles. The van der Waals surface area contributed by atoms with Crippen molar-refractivity contribution in [3.63, 3.8) is 0 Å². The first-order chi connectivity index (χ1) is 9.14. The van der Waals surface area contributed by atoms with Crippen LogP contribution in [0.3, 0.4) is 0 Å². The zero-order chi connectivity index (χ0) is 15.5. The summed E-state index contributed by atoms with van der Waals surface area (Å²) < 4.78 is 38.6. The summed E-state index contributed by atoms with van der Waals surface area (Å²) in [6.07, 6.45) is 0. The van der Waals surface area contributed by atoms with Gasteiger partial charge < -0.3 is 5.11 Å². The molecule has 0 bridgehead atoms. The minimum Gasteiger partial charge on any atom is -0.480 e. The van der Waals surface area contributed by atoms with Crippen molar-refractivity contribution in [2.45, 2.75) is 18.7 Å². The van der Waals surface area contributed by atoms with Crippen LogP contribution in [-0.2, 0) is 14.8 Å². The van der Waals surface area contributed by atoms with E-state index in [1.54, 1.807) is 13.8 Å². The Morgan fingerprint density at radius 2 is 2.05 bits per heavy atom. The Labute approximate surface area is 122 Å². The van der Waals surface area contributed by atoms with E-state index in [4.69, 9.17) is 16.7 Å². The fourth-order valence-electron chi connectivity index (χ4n) is 1.63. The lowest BCUT2D eigenvalue weighted by molar-refractivity contribution is -0.137. The summed E-state index contributed by atoms with van der Waals surface area (Å²) in [6, 6.07) is 2.87. The Bertz CT molecular complexity index is 603. The highest BCUT2D eigenvalue weighted by atomic mass is 35.5. The molecule has 1 N–H and O–H groups in total. The third-order valence-corrected chi connectivity index (χ3v) is 4.69. The first-order valence-corrected chi connectivity index (χ1v) is 7.63. The van der Waals surface area contributed by atoms with Gasteiger partial charge in [0.05, 0.1) is 5.02 Å². The number of carbonyl (C=O) groups is 1. The Kier molecular flexibility index (Phi) is 5.50. The van der Waals surface area contributed by atoms with Crippen molar-refractivity contribution < 1.29 is 22.7 Å². The topological polar surface area (TPSA) is 74.7 Å². The monoisotopic (exact) mass is 323 g/mol. The average molecular weight is 324 g/mol. The van der Waals surface area contributed by atoms with E-state index in [0.717, 1.165) is 22.5 Å². The molecule has 0 heterocycles. The van der Waals surface area contributed by atoms with Crippen LogP contribution in [0.4, 0.5) is 4.39 Å². The molecule has 20 heavy (non-hydrogen) atoms. The maximum Gasteiger partial charge on any atom is 0.318 e. The van der Waals surface area contributed by atoms with E-state index in [9.17, 15) is 17.6 Å². The van der Waals surface area contributed by atoms with Crippen LogP contribution in [0, 0.1) is 11.7 Å². The van der Waals surface area contributed by atoms with Gasteiger partial charge in [-0.1, -0.05) is 25.4 Å². The van der Waals surface area contributed by atoms with Crippen LogP contribution in [0.5, 0.6) is 0 Å². The molecule has 0 saturated carbocycles. The Hall–Kier alpha value is -1.18. The molecule has 0 radical (unpaired) electrons. The normalized spacial score (nSPS) is 12.1. The average Bonchev–Trinajstić information content (AvgIpc) is 2.26. The van der Waals surface area contributed by atoms with E-state index < -0.39 is 28.4 Å². The Morgan fingerprint density at radius 3 is 2.50 bits per heavy atom. The predicted molar refractivity (Wildman–Crippen MR) is 72.6 cm³/mol. The Morgan fingerprint density at radius 1 is 1.45 bits per heavy atom. The van der Waals surface area contributed by atoms with Gasteiger partial charge in [-0.3, -0.25) is 4.79 Å². The van der Waals surface area contributed by atoms with Crippen molar-refractivity contribution in [2.24, 2.45) is 5.92 Å². The predicted octanol–water partition coefficient (Wildman–Crippen LogP) is 2.21. The van der Waals surface area contributed by atoms with Gasteiger partial charge in [-0.15, -0.1) is 0 Å². The first kappa shape index (κ1) is 16.9. The lowest BCUT2D eigenvalue weighted by Gasteiger charge is -2.22. The van der Waals surface area contributed by atoms with E-state index in [1.165, 1.54) is 0 Å². The molecule has 1 rings (SSSR count). The summed E-state index contributed by atoms with van der Waals surface area (Å²) in [7, 11) is -4.08. The van der Waals surface area contributed by atoms with Gasteiger partial charge in [0, 0.05) is 6.54 Å². The highest BCUT2D eigenvalue weighted by Gasteiger charge is 2.29. The minimum absolute atomic E-state index is 0.0301. The molecule has 0 aromatic heterocycles. The fourth-order valence-corrected chi connectivity index (χ4v) is 3.69. The third-order valence-electron chi connectivity index (χ3n) is 2.39. The van der Waals surface area contributed by atoms with Crippen LogP contribution < -0.4 is 0 Å². The molecule has 112 valence electrons. The number of nitrogens with zero attached hydrogens (tertiary/aromatic N) is 1. The van der Waals surface area contributed by atoms with Crippen molar-refractivity contribution in [3.8, 4) is 0 Å². The number of carboxylic acids is 1. The largest absolute Gasteiger partial charge is 0.480 e. The number of carboxylic acid groups (broad SMARTS) is 1. The smallest absolute Gasteiger partial charge is 0.318 e. The molecule has 1 aromatic carbocycles. The van der Waals surface area contributed by atoms with E-state index >= 15 is 0 Å². The molecule has 5 nitrogen and oxygen atoms in total. The number of aliphatic carboxylic acids is 1. The van der Waals surface area contributed by atoms with Crippen molar-refractivity contribution >= 4 is 27.6 Å². The number of halogens is 2. The molecule has 0 atom stereocenters. The van der Waals surface area contributed by atoms with Crippen LogP contribution in [0.1, 0.15) is 13.8 Å². The van der Waals surface area contributed by atoms with Gasteiger partial charge in [0.15, 0.2) is 0 Å². The highest BCUT2D eigenvalue weighted by molar-refractivity contribution is 7.89. The maximum atomic E-state index is 13.0. The molecule has 0 aliphatic rings. The zero-order valence-electron chi connectivity index (χ0n) is 11.0. The summed E-state index contributed by atoms with van der Waals surface area (Å²) in [4.78, 5) is 10.5. The van der Waals surface area contributed by atoms with Crippen LogP contribution in [-0.4, -0.2) is 36.9 Å². The first-order valence-electron chi connectivity index (χ1n) is 5.81. The quantitative estimate of drug-likeness (QED) is 0.871. The van der Waals surface area contributed by atoms with Gasteiger partial charge in [-0.05, 0) is 24.1 Å². The second-order valence-electron chi connectivity index (χ2n) is 4.66. The summed E-state index contributed by atoms with van der Waals surface area (Å²) >= 11 is 5.74. The number of hydrogen-bond donors (Lipinski definition) is 1. The molecule has 0 spiro atoms. The van der Waals surface area contributed by atoms with Crippen LogP contribution in [0.2, 0.25) is 5.02 Å². The van der Waals surface area contributed by atoms with Gasteiger partial charge in [0.1, 0.15) is 17.3 Å². The van der Waals surface area contributed by atoms with Gasteiger partial charge in [0.25, 0.3) is 0 Å². The molecule has 0 aliphatic heterocycles. The van der Waals surface area contributed by atoms with Crippen molar-refractivity contribution in [3.05, 3.63) is 29.0 Å². The van der Waals surface area contributed by atoms with E-state index in [2.05, 4.69) is 0 Å². The molecule has 0 fully saturated rings. The molecule has 0 saturated heterocycles. The SMILES string of the molecule is CC(C)CN(CC(=O)O)S(=O)(=O)c1ccc(F)cc1Cl. The summed E-state index contributed by atoms with van der Waals surface area (Å²) in [5, 5.41) is 8.55. The molecular weight excluding hydrogens is 309 g/mol. The number of sulfonamides is 1. The lowest BCUT2D eigenvalue weighted by atomic mass is 10.2. The fraction of sp³-hybridized carbons (Fsp3) is 0.417. The van der Waals surface area contributed by atoms with Gasteiger partial charge >= 0.3 is 5.97 Å². The van der Waals surface area contributed by atoms with E-state index in [-0.39, 0.29) is 22.4 Å². The lowest BCUT2D eigenvalue weighted by Crippen LogP contribution is -2.38. The van der Waals surface area contributed by atoms with Crippen molar-refractivity contribution in [1.82, 2.24) is 4.31 Å². The third kappa shape index (κ3) is 4.16.